The number of carbonyl (C=O) groups excluding carboxylic acids is 4. The quantitative estimate of drug-likeness (QED) is 0.283. The molecule has 196 valence electrons. The van der Waals surface area contributed by atoms with Crippen LogP contribution in [0.25, 0.3) is 0 Å². The summed E-state index contributed by atoms with van der Waals surface area (Å²) in [5.74, 6) is -2.06. The third-order valence-corrected chi connectivity index (χ3v) is 6.28. The van der Waals surface area contributed by atoms with Crippen LogP contribution < -0.4 is 10.6 Å². The van der Waals surface area contributed by atoms with Gasteiger partial charge in [-0.3, -0.25) is 19.2 Å². The van der Waals surface area contributed by atoms with Crippen molar-refractivity contribution in [1.82, 2.24) is 10.6 Å². The van der Waals surface area contributed by atoms with Gasteiger partial charge < -0.3 is 40.5 Å². The number of carbonyl (C=O) groups is 4. The van der Waals surface area contributed by atoms with Crippen LogP contribution in [0.5, 0.6) is 11.5 Å². The lowest BCUT2D eigenvalue weighted by molar-refractivity contribution is -0.116. The first-order chi connectivity index (χ1) is 18.2. The Kier molecular flexibility index (Phi) is 6.55. The molecule has 6 N–H and O–H groups in total. The first kappa shape index (κ1) is 25.3. The van der Waals surface area contributed by atoms with Gasteiger partial charge in [-0.1, -0.05) is 24.3 Å². The van der Waals surface area contributed by atoms with E-state index in [4.69, 9.17) is 9.47 Å². The van der Waals surface area contributed by atoms with E-state index in [9.17, 15) is 39.6 Å². The summed E-state index contributed by atoms with van der Waals surface area (Å²) in [6, 6.07) is 12.0. The molecular weight excluding hydrogens is 500 g/mol. The minimum Gasteiger partial charge on any atom is -0.507 e. The van der Waals surface area contributed by atoms with Crippen LogP contribution >= 0.6 is 0 Å². The molecule has 0 aromatic heterocycles. The van der Waals surface area contributed by atoms with Crippen LogP contribution in [0, 0.1) is 0 Å². The van der Waals surface area contributed by atoms with Crippen molar-refractivity contribution in [2.24, 2.45) is 0 Å². The summed E-state index contributed by atoms with van der Waals surface area (Å²) in [6.07, 6.45) is -2.04. The zero-order chi connectivity index (χ0) is 27.1. The number of phenolic OH excluding ortho intramolecular Hbond substituents is 2. The van der Waals surface area contributed by atoms with E-state index in [1.54, 1.807) is 24.3 Å². The fraction of sp³-hybridized carbons (Fsp3) is 0.231. The van der Waals surface area contributed by atoms with E-state index in [1.165, 1.54) is 24.3 Å². The third-order valence-electron chi connectivity index (χ3n) is 6.28. The highest BCUT2D eigenvalue weighted by molar-refractivity contribution is 6.02. The average Bonchev–Trinajstić information content (AvgIpc) is 3.80. The summed E-state index contributed by atoms with van der Waals surface area (Å²) in [7, 11) is 0. The first-order valence-corrected chi connectivity index (χ1v) is 11.5. The minimum absolute atomic E-state index is 0.0712. The Bertz CT molecular complexity index is 1290. The van der Waals surface area contributed by atoms with Gasteiger partial charge in [-0.25, -0.2) is 0 Å². The predicted molar refractivity (Wildman–Crippen MR) is 127 cm³/mol. The lowest BCUT2D eigenvalue weighted by atomic mass is 10.0. The lowest BCUT2D eigenvalue weighted by Gasteiger charge is -2.17. The van der Waals surface area contributed by atoms with E-state index in [1.807, 2.05) is 0 Å². The van der Waals surface area contributed by atoms with Gasteiger partial charge in [0, 0.05) is 12.2 Å². The molecule has 0 bridgehead atoms. The highest BCUT2D eigenvalue weighted by Crippen LogP contribution is 2.34. The van der Waals surface area contributed by atoms with Gasteiger partial charge in [-0.05, 0) is 24.3 Å². The van der Waals surface area contributed by atoms with Crippen molar-refractivity contribution in [2.75, 3.05) is 0 Å². The second kappa shape index (κ2) is 9.84. The number of epoxide rings is 2. The van der Waals surface area contributed by atoms with Gasteiger partial charge >= 0.3 is 0 Å². The molecule has 4 aliphatic rings. The van der Waals surface area contributed by atoms with Gasteiger partial charge in [-0.15, -0.1) is 0 Å². The monoisotopic (exact) mass is 522 g/mol. The molecule has 2 aliphatic heterocycles. The number of amides is 2. The van der Waals surface area contributed by atoms with Crippen molar-refractivity contribution in [3.05, 3.63) is 83.2 Å². The standard InChI is InChI=1S/2C13H11NO5/c2*15-8-4-2-1-3-6(8)13(18)14-7-5-9(16)11-12(19-11)10(7)17/h2*1-5,10-12,15,17H,(H,14,18). The van der Waals surface area contributed by atoms with Gasteiger partial charge in [0.2, 0.25) is 0 Å². The van der Waals surface area contributed by atoms with Gasteiger partial charge in [-0.2, -0.15) is 0 Å². The Hall–Kier alpha value is -4.36. The Morgan fingerprint density at radius 3 is 1.39 bits per heavy atom. The zero-order valence-electron chi connectivity index (χ0n) is 19.5. The second-order valence-corrected chi connectivity index (χ2v) is 8.88. The summed E-state index contributed by atoms with van der Waals surface area (Å²) in [6.45, 7) is 0. The Balaban J connectivity index is 0.000000155. The predicted octanol–water partition coefficient (Wildman–Crippen LogP) is -0.566. The van der Waals surface area contributed by atoms with Gasteiger partial charge in [0.1, 0.15) is 48.1 Å². The van der Waals surface area contributed by atoms with Gasteiger partial charge in [0.25, 0.3) is 11.8 Å². The second-order valence-electron chi connectivity index (χ2n) is 8.88. The van der Waals surface area contributed by atoms with Crippen molar-refractivity contribution in [3.8, 4) is 11.5 Å². The van der Waals surface area contributed by atoms with Crippen molar-refractivity contribution in [1.29, 1.82) is 0 Å². The summed E-state index contributed by atoms with van der Waals surface area (Å²) in [5.41, 5.74) is 0.331. The topological polar surface area (TPSA) is 198 Å². The van der Waals surface area contributed by atoms with E-state index in [-0.39, 0.29) is 45.6 Å². The molecule has 12 heteroatoms. The molecule has 2 heterocycles. The number of phenols is 2. The van der Waals surface area contributed by atoms with E-state index in [0.717, 1.165) is 12.2 Å². The fourth-order valence-electron chi connectivity index (χ4n) is 4.13. The van der Waals surface area contributed by atoms with Crippen LogP contribution in [-0.4, -0.2) is 80.4 Å². The number of para-hydroxylation sites is 2. The SMILES string of the molecule is O=C(NC1=CC(=O)C2OC2C1O)c1ccccc1O.O=C(NC1=CC(=O)C2OC2C1O)c1ccccc1O. The van der Waals surface area contributed by atoms with Crippen LogP contribution in [0.4, 0.5) is 0 Å². The van der Waals surface area contributed by atoms with Crippen LogP contribution in [0.15, 0.2) is 72.1 Å². The molecule has 2 amide bonds. The fourth-order valence-corrected chi connectivity index (χ4v) is 4.13. The first-order valence-electron chi connectivity index (χ1n) is 11.5. The molecular formula is C26H22N2O10. The number of aliphatic hydroxyl groups excluding tert-OH is 2. The molecule has 2 fully saturated rings. The van der Waals surface area contributed by atoms with Crippen molar-refractivity contribution >= 4 is 23.4 Å². The van der Waals surface area contributed by atoms with Crippen molar-refractivity contribution < 1.29 is 49.1 Å². The van der Waals surface area contributed by atoms with Crippen LogP contribution in [0.1, 0.15) is 20.7 Å². The Morgan fingerprint density at radius 1 is 0.658 bits per heavy atom. The summed E-state index contributed by atoms with van der Waals surface area (Å²) in [4.78, 5) is 46.8. The molecule has 0 spiro atoms. The molecule has 6 atom stereocenters. The molecule has 2 saturated heterocycles. The number of aliphatic hydroxyl groups is 2. The van der Waals surface area contributed by atoms with Gasteiger partial charge in [0.05, 0.1) is 22.5 Å². The number of aromatic hydroxyl groups is 2. The zero-order valence-corrected chi connectivity index (χ0v) is 19.5. The number of nitrogens with one attached hydrogen (secondary N) is 2. The van der Waals surface area contributed by atoms with Crippen molar-refractivity contribution in [2.45, 2.75) is 36.6 Å². The van der Waals surface area contributed by atoms with E-state index in [0.29, 0.717) is 0 Å². The average molecular weight is 522 g/mol. The highest BCUT2D eigenvalue weighted by atomic mass is 16.6. The molecule has 0 saturated carbocycles. The van der Waals surface area contributed by atoms with Crippen molar-refractivity contribution in [3.63, 3.8) is 0 Å². The Morgan fingerprint density at radius 2 is 1.03 bits per heavy atom. The molecule has 6 rings (SSSR count). The van der Waals surface area contributed by atoms with Gasteiger partial charge in [0.15, 0.2) is 11.6 Å². The van der Waals surface area contributed by atoms with E-state index in [2.05, 4.69) is 10.6 Å². The summed E-state index contributed by atoms with van der Waals surface area (Å²) in [5, 5.41) is 43.6. The van der Waals surface area contributed by atoms with Crippen LogP contribution in [-0.2, 0) is 19.1 Å². The maximum atomic E-state index is 11.9. The number of ketones is 2. The largest absolute Gasteiger partial charge is 0.507 e. The number of hydrogen-bond acceptors (Lipinski definition) is 10. The number of fused-ring (bicyclic) bond motifs is 2. The lowest BCUT2D eigenvalue weighted by Crippen LogP contribution is -2.37. The molecule has 2 aromatic carbocycles. The number of rotatable bonds is 4. The van der Waals surface area contributed by atoms with E-state index >= 15 is 0 Å². The minimum atomic E-state index is -1.03. The highest BCUT2D eigenvalue weighted by Gasteiger charge is 2.54. The maximum absolute atomic E-state index is 11.9. The number of hydrogen-bond donors (Lipinski definition) is 6. The smallest absolute Gasteiger partial charge is 0.259 e. The molecule has 38 heavy (non-hydrogen) atoms. The molecule has 6 unspecified atom stereocenters. The molecule has 2 aromatic rings. The van der Waals surface area contributed by atoms with Crippen LogP contribution in [0.2, 0.25) is 0 Å². The summed E-state index contributed by atoms with van der Waals surface area (Å²) >= 11 is 0. The molecule has 12 nitrogen and oxygen atoms in total. The number of benzene rings is 2. The normalized spacial score (nSPS) is 28.4. The Labute approximate surface area is 214 Å². The molecule has 2 aliphatic carbocycles. The molecule has 0 radical (unpaired) electrons. The summed E-state index contributed by atoms with van der Waals surface area (Å²) < 4.78 is 9.98. The van der Waals surface area contributed by atoms with E-state index < -0.39 is 48.4 Å². The number of ether oxygens (including phenoxy) is 2. The van der Waals surface area contributed by atoms with Crippen LogP contribution in [0.3, 0.4) is 0 Å². The maximum Gasteiger partial charge on any atom is 0.259 e. The third kappa shape index (κ3) is 4.93.